The molecule has 0 spiro atoms. The molecule has 31 heavy (non-hydrogen) atoms. The zero-order valence-corrected chi connectivity index (χ0v) is 22.9. The van der Waals surface area contributed by atoms with Crippen LogP contribution in [0.1, 0.15) is 53.7 Å². The molecule has 176 valence electrons. The van der Waals surface area contributed by atoms with Gasteiger partial charge in [-0.05, 0) is 54.4 Å². The fourth-order valence-electron chi connectivity index (χ4n) is 3.80. The molecule has 0 aromatic carbocycles. The number of nitrogens with zero attached hydrogens (tertiary/aromatic N) is 3. The van der Waals surface area contributed by atoms with Crippen LogP contribution in [0.25, 0.3) is 0 Å². The number of nitriles is 1. The summed E-state index contributed by atoms with van der Waals surface area (Å²) in [6, 6.07) is 6.51. The maximum atomic E-state index is 15.9. The van der Waals surface area contributed by atoms with E-state index in [-0.39, 0.29) is 24.6 Å². The summed E-state index contributed by atoms with van der Waals surface area (Å²) in [5.74, 6) is -0.651. The first-order valence-electron chi connectivity index (χ1n) is 10.7. The van der Waals surface area contributed by atoms with Gasteiger partial charge in [0, 0.05) is 6.61 Å². The lowest BCUT2D eigenvalue weighted by Crippen LogP contribution is -2.51. The summed E-state index contributed by atoms with van der Waals surface area (Å²) in [5.41, 5.74) is 5.21. The van der Waals surface area contributed by atoms with Crippen LogP contribution in [0.4, 0.5) is 4.39 Å². The highest BCUT2D eigenvalue weighted by Gasteiger charge is 2.42. The summed E-state index contributed by atoms with van der Waals surface area (Å²) in [5, 5.41) is 19.4. The Bertz CT molecular complexity index is 928. The molecule has 2 atom stereocenters. The van der Waals surface area contributed by atoms with Gasteiger partial charge in [0.2, 0.25) is 0 Å². The van der Waals surface area contributed by atoms with E-state index in [1.807, 2.05) is 0 Å². The highest BCUT2D eigenvalue weighted by atomic mass is 79.9. The van der Waals surface area contributed by atoms with E-state index in [0.29, 0.717) is 16.2 Å². The Kier molecular flexibility index (Phi) is 9.85. The number of hydrogen-bond acceptors (Lipinski definition) is 6. The minimum Gasteiger partial charge on any atom is -0.396 e. The van der Waals surface area contributed by atoms with Gasteiger partial charge < -0.3 is 10.8 Å². The van der Waals surface area contributed by atoms with Gasteiger partial charge in [0.25, 0.3) is 0 Å². The Morgan fingerprint density at radius 2 is 1.87 bits per heavy atom. The molecule has 0 radical (unpaired) electrons. The Hall–Kier alpha value is -0.863. The van der Waals surface area contributed by atoms with Gasteiger partial charge in [-0.15, -0.1) is 0 Å². The van der Waals surface area contributed by atoms with Crippen LogP contribution in [-0.2, 0) is 15.3 Å². The van der Waals surface area contributed by atoms with Crippen LogP contribution >= 0.6 is 15.9 Å². The molecule has 6 nitrogen and oxygen atoms in total. The number of halogens is 2. The molecule has 1 unspecified atom stereocenters. The van der Waals surface area contributed by atoms with E-state index in [2.05, 4.69) is 52.1 Å². The quantitative estimate of drug-likeness (QED) is 0.253. The van der Waals surface area contributed by atoms with Crippen LogP contribution in [-0.4, -0.2) is 46.0 Å². The smallest absolute Gasteiger partial charge is 0.145 e. The SMILES string of the molecule is CC[Si](CC)(CC)c1cc(Br)nc([C@@](C)(N)CS(=O)(=NCCCO)C(C)(C)C#N)c1F. The fourth-order valence-corrected chi connectivity index (χ4v) is 10.4. The van der Waals surface area contributed by atoms with Crippen molar-refractivity contribution in [2.24, 2.45) is 10.1 Å². The molecular weight excluding hydrogens is 499 g/mol. The average Bonchev–Trinajstić information content (AvgIpc) is 2.71. The first-order chi connectivity index (χ1) is 14.3. The van der Waals surface area contributed by atoms with E-state index in [0.717, 1.165) is 18.1 Å². The molecule has 0 aliphatic rings. The first kappa shape index (κ1) is 28.2. The number of aliphatic hydroxyl groups is 1. The van der Waals surface area contributed by atoms with Crippen molar-refractivity contribution in [3.63, 3.8) is 0 Å². The molecule has 0 saturated carbocycles. The van der Waals surface area contributed by atoms with Crippen LogP contribution in [0.2, 0.25) is 18.1 Å². The van der Waals surface area contributed by atoms with Crippen molar-refractivity contribution in [1.82, 2.24) is 4.98 Å². The van der Waals surface area contributed by atoms with Gasteiger partial charge in [-0.3, -0.25) is 0 Å². The van der Waals surface area contributed by atoms with Crippen molar-refractivity contribution >= 4 is 38.9 Å². The van der Waals surface area contributed by atoms with E-state index in [1.165, 1.54) is 0 Å². The minimum absolute atomic E-state index is 0.0444. The zero-order chi connectivity index (χ0) is 24.1. The maximum Gasteiger partial charge on any atom is 0.145 e. The normalized spacial score (nSPS) is 16.3. The summed E-state index contributed by atoms with van der Waals surface area (Å²) in [6.07, 6.45) is 0.324. The standard InChI is InChI=1S/C21H36BrFN4O2SSi/c1-7-31(8-2,9-3)16-13-17(22)27-19(18(16)23)21(6,25)15-30(29,20(4,5)14-24)26-11-10-12-28/h13,28H,7-12,15,25H2,1-6H3/t21-,30?/m0/s1. The lowest BCUT2D eigenvalue weighted by atomic mass is 10.0. The van der Waals surface area contributed by atoms with E-state index in [1.54, 1.807) is 26.8 Å². The topological polar surface area (TPSA) is 112 Å². The number of hydrogen-bond donors (Lipinski definition) is 2. The third kappa shape index (κ3) is 5.93. The molecule has 1 heterocycles. The van der Waals surface area contributed by atoms with Crippen molar-refractivity contribution in [2.45, 2.75) is 76.4 Å². The van der Waals surface area contributed by atoms with Gasteiger partial charge in [0.05, 0.1) is 47.4 Å². The molecule has 0 bridgehead atoms. The number of aliphatic hydroxyl groups excluding tert-OH is 1. The second kappa shape index (κ2) is 10.8. The summed E-state index contributed by atoms with van der Waals surface area (Å²) >= 11 is 3.42. The van der Waals surface area contributed by atoms with Crippen LogP contribution in [0.3, 0.4) is 0 Å². The molecule has 10 heteroatoms. The molecule has 1 aromatic heterocycles. The first-order valence-corrected chi connectivity index (χ1v) is 15.8. The van der Waals surface area contributed by atoms with Crippen molar-refractivity contribution in [2.75, 3.05) is 18.9 Å². The summed E-state index contributed by atoms with van der Waals surface area (Å²) < 4.78 is 33.2. The Balaban J connectivity index is 3.69. The van der Waals surface area contributed by atoms with E-state index < -0.39 is 33.9 Å². The predicted molar refractivity (Wildman–Crippen MR) is 132 cm³/mol. The zero-order valence-electron chi connectivity index (χ0n) is 19.5. The lowest BCUT2D eigenvalue weighted by Gasteiger charge is -2.34. The fraction of sp³-hybridized carbons (Fsp3) is 0.714. The van der Waals surface area contributed by atoms with Crippen LogP contribution in [0.5, 0.6) is 0 Å². The van der Waals surface area contributed by atoms with Crippen molar-refractivity contribution < 1.29 is 13.7 Å². The molecule has 0 aliphatic heterocycles. The highest BCUT2D eigenvalue weighted by molar-refractivity contribution is 9.10. The second-order valence-corrected chi connectivity index (χ2v) is 17.6. The van der Waals surface area contributed by atoms with Gasteiger partial charge in [0.1, 0.15) is 15.2 Å². The second-order valence-electron chi connectivity index (χ2n) is 8.75. The van der Waals surface area contributed by atoms with Crippen LogP contribution in [0, 0.1) is 17.1 Å². The third-order valence-corrected chi connectivity index (χ3v) is 15.5. The summed E-state index contributed by atoms with van der Waals surface area (Å²) in [7, 11) is -5.26. The summed E-state index contributed by atoms with van der Waals surface area (Å²) in [4.78, 5) is 4.36. The average molecular weight is 536 g/mol. The molecule has 0 saturated heterocycles. The predicted octanol–water partition coefficient (Wildman–Crippen LogP) is 4.03. The van der Waals surface area contributed by atoms with Crippen LogP contribution in [0.15, 0.2) is 15.0 Å². The van der Waals surface area contributed by atoms with Gasteiger partial charge in [-0.25, -0.2) is 17.9 Å². The Labute approximate surface area is 196 Å². The molecule has 0 fully saturated rings. The molecule has 3 N–H and O–H groups in total. The molecular formula is C21H36BrFN4O2SSi. The summed E-state index contributed by atoms with van der Waals surface area (Å²) in [6.45, 7) is 11.0. The molecule has 0 aliphatic carbocycles. The Morgan fingerprint density at radius 3 is 2.32 bits per heavy atom. The monoisotopic (exact) mass is 534 g/mol. The van der Waals surface area contributed by atoms with Crippen LogP contribution < -0.4 is 10.9 Å². The van der Waals surface area contributed by atoms with Crippen molar-refractivity contribution in [3.8, 4) is 6.07 Å². The Morgan fingerprint density at radius 1 is 1.32 bits per heavy atom. The number of rotatable bonds is 11. The van der Waals surface area contributed by atoms with Gasteiger partial charge in [-0.2, -0.15) is 5.26 Å². The minimum atomic E-state index is -3.17. The third-order valence-electron chi connectivity index (χ3n) is 6.25. The molecule has 0 amide bonds. The molecule has 1 rings (SSSR count). The van der Waals surface area contributed by atoms with E-state index in [4.69, 9.17) is 10.8 Å². The van der Waals surface area contributed by atoms with Gasteiger partial charge in [0.15, 0.2) is 0 Å². The van der Waals surface area contributed by atoms with Gasteiger partial charge >= 0.3 is 0 Å². The van der Waals surface area contributed by atoms with Crippen molar-refractivity contribution in [3.05, 3.63) is 22.2 Å². The number of aromatic nitrogens is 1. The lowest BCUT2D eigenvalue weighted by molar-refractivity contribution is 0.291. The number of pyridine rings is 1. The number of nitrogens with two attached hydrogens (primary N) is 1. The largest absolute Gasteiger partial charge is 0.396 e. The van der Waals surface area contributed by atoms with E-state index >= 15 is 4.39 Å². The van der Waals surface area contributed by atoms with Crippen molar-refractivity contribution in [1.29, 1.82) is 5.26 Å². The van der Waals surface area contributed by atoms with Gasteiger partial charge in [-0.1, -0.05) is 38.9 Å². The van der Waals surface area contributed by atoms with E-state index in [9.17, 15) is 9.47 Å². The molecule has 1 aromatic rings. The highest BCUT2D eigenvalue weighted by Crippen LogP contribution is 2.31. The maximum absolute atomic E-state index is 15.9.